The maximum absolute atomic E-state index is 5.93. The molecule has 1 aromatic heterocycles. The second-order valence-corrected chi connectivity index (χ2v) is 6.42. The monoisotopic (exact) mass is 352 g/mol. The highest BCUT2D eigenvalue weighted by atomic mass is 79.9. The van der Waals surface area contributed by atoms with E-state index >= 15 is 0 Å². The molecule has 2 aromatic rings. The Morgan fingerprint density at radius 1 is 1.38 bits per heavy atom. The van der Waals surface area contributed by atoms with Gasteiger partial charge in [0.15, 0.2) is 5.76 Å². The Kier molecular flexibility index (Phi) is 5.82. The molecular weight excluding hydrogens is 332 g/mol. The van der Waals surface area contributed by atoms with Crippen molar-refractivity contribution in [1.82, 2.24) is 10.5 Å². The molecule has 0 saturated carbocycles. The third-order valence-electron chi connectivity index (χ3n) is 3.03. The standard InChI is InChI=1S/C16H21BrN2O2/c1-11(2)8-18-9-13-7-14(17)6-12(3)16(13)20-10-15-4-5-19-21-15/h4-7,11,18H,8-10H2,1-3H3. The first-order valence-corrected chi connectivity index (χ1v) is 7.87. The molecule has 0 spiro atoms. The third kappa shape index (κ3) is 4.86. The lowest BCUT2D eigenvalue weighted by Gasteiger charge is -2.15. The number of aryl methyl sites for hydroxylation is 1. The molecule has 1 aromatic carbocycles. The molecule has 0 radical (unpaired) electrons. The van der Waals surface area contributed by atoms with Crippen molar-refractivity contribution in [3.05, 3.63) is 45.8 Å². The number of nitrogens with zero attached hydrogens (tertiary/aromatic N) is 1. The molecule has 5 heteroatoms. The maximum atomic E-state index is 5.93. The van der Waals surface area contributed by atoms with Gasteiger partial charge < -0.3 is 14.6 Å². The Hall–Kier alpha value is -1.33. The number of benzene rings is 1. The second-order valence-electron chi connectivity index (χ2n) is 5.50. The minimum atomic E-state index is 0.389. The molecule has 0 saturated heterocycles. The van der Waals surface area contributed by atoms with Crippen molar-refractivity contribution in [3.63, 3.8) is 0 Å². The molecule has 1 N–H and O–H groups in total. The molecule has 1 heterocycles. The number of hydrogen-bond acceptors (Lipinski definition) is 4. The first kappa shape index (κ1) is 16.0. The molecule has 4 nitrogen and oxygen atoms in total. The van der Waals surface area contributed by atoms with Gasteiger partial charge in [0, 0.05) is 22.6 Å². The van der Waals surface area contributed by atoms with Crippen LogP contribution >= 0.6 is 15.9 Å². The normalized spacial score (nSPS) is 11.1. The highest BCUT2D eigenvalue weighted by molar-refractivity contribution is 9.10. The van der Waals surface area contributed by atoms with Gasteiger partial charge in [-0.1, -0.05) is 34.9 Å². The lowest BCUT2D eigenvalue weighted by molar-refractivity contribution is 0.245. The zero-order valence-electron chi connectivity index (χ0n) is 12.6. The van der Waals surface area contributed by atoms with E-state index in [0.717, 1.165) is 40.2 Å². The summed E-state index contributed by atoms with van der Waals surface area (Å²) in [5.41, 5.74) is 2.24. The predicted octanol–water partition coefficient (Wildman–Crippen LogP) is 4.07. The molecule has 2 rings (SSSR count). The highest BCUT2D eigenvalue weighted by Gasteiger charge is 2.10. The SMILES string of the molecule is Cc1cc(Br)cc(CNCC(C)C)c1OCc1ccno1. The van der Waals surface area contributed by atoms with E-state index in [1.54, 1.807) is 6.20 Å². The summed E-state index contributed by atoms with van der Waals surface area (Å²) in [6.07, 6.45) is 1.62. The van der Waals surface area contributed by atoms with Crippen LogP contribution in [-0.4, -0.2) is 11.7 Å². The van der Waals surface area contributed by atoms with Crippen LogP contribution in [0.4, 0.5) is 0 Å². The summed E-state index contributed by atoms with van der Waals surface area (Å²) >= 11 is 3.55. The Morgan fingerprint density at radius 2 is 2.19 bits per heavy atom. The molecule has 114 valence electrons. The van der Waals surface area contributed by atoms with Crippen LogP contribution in [0.2, 0.25) is 0 Å². The van der Waals surface area contributed by atoms with E-state index in [1.807, 2.05) is 13.0 Å². The van der Waals surface area contributed by atoms with Crippen LogP contribution in [-0.2, 0) is 13.2 Å². The number of nitrogens with one attached hydrogen (secondary N) is 1. The summed E-state index contributed by atoms with van der Waals surface area (Å²) in [4.78, 5) is 0. The fourth-order valence-electron chi connectivity index (χ4n) is 2.09. The summed E-state index contributed by atoms with van der Waals surface area (Å²) in [6, 6.07) is 5.96. The maximum Gasteiger partial charge on any atom is 0.174 e. The van der Waals surface area contributed by atoms with Crippen molar-refractivity contribution in [2.45, 2.75) is 33.9 Å². The largest absolute Gasteiger partial charge is 0.485 e. The van der Waals surface area contributed by atoms with E-state index in [0.29, 0.717) is 12.5 Å². The second kappa shape index (κ2) is 7.61. The minimum absolute atomic E-state index is 0.389. The number of rotatable bonds is 7. The van der Waals surface area contributed by atoms with Gasteiger partial charge in [0.1, 0.15) is 12.4 Å². The van der Waals surface area contributed by atoms with Crippen LogP contribution in [0.25, 0.3) is 0 Å². The van der Waals surface area contributed by atoms with Gasteiger partial charge in [0.2, 0.25) is 0 Å². The van der Waals surface area contributed by atoms with Crippen molar-refractivity contribution in [2.75, 3.05) is 6.54 Å². The van der Waals surface area contributed by atoms with Crippen LogP contribution in [0, 0.1) is 12.8 Å². The van der Waals surface area contributed by atoms with E-state index < -0.39 is 0 Å². The lowest BCUT2D eigenvalue weighted by Crippen LogP contribution is -2.19. The van der Waals surface area contributed by atoms with Gasteiger partial charge >= 0.3 is 0 Å². The van der Waals surface area contributed by atoms with Crippen LogP contribution < -0.4 is 10.1 Å². The lowest BCUT2D eigenvalue weighted by atomic mass is 10.1. The van der Waals surface area contributed by atoms with Crippen molar-refractivity contribution in [1.29, 1.82) is 0 Å². The topological polar surface area (TPSA) is 47.3 Å². The van der Waals surface area contributed by atoms with Crippen LogP contribution in [0.15, 0.2) is 33.4 Å². The molecule has 21 heavy (non-hydrogen) atoms. The molecule has 0 aliphatic rings. The Labute approximate surface area is 134 Å². The Bertz CT molecular complexity index is 568. The third-order valence-corrected chi connectivity index (χ3v) is 3.49. The molecule has 0 fully saturated rings. The first-order valence-electron chi connectivity index (χ1n) is 7.08. The van der Waals surface area contributed by atoms with Crippen LogP contribution in [0.5, 0.6) is 5.75 Å². The van der Waals surface area contributed by atoms with E-state index in [9.17, 15) is 0 Å². The number of halogens is 1. The van der Waals surface area contributed by atoms with Crippen molar-refractivity contribution in [2.24, 2.45) is 5.92 Å². The van der Waals surface area contributed by atoms with Gasteiger partial charge in [0.25, 0.3) is 0 Å². The molecule has 0 aliphatic heterocycles. The average Bonchev–Trinajstić information content (AvgIpc) is 2.90. The molecule has 0 bridgehead atoms. The van der Waals surface area contributed by atoms with E-state index in [1.165, 1.54) is 0 Å². The van der Waals surface area contributed by atoms with E-state index in [-0.39, 0.29) is 0 Å². The van der Waals surface area contributed by atoms with Crippen molar-refractivity contribution < 1.29 is 9.26 Å². The predicted molar refractivity (Wildman–Crippen MR) is 86.3 cm³/mol. The quantitative estimate of drug-likeness (QED) is 0.815. The number of ether oxygens (including phenoxy) is 1. The van der Waals surface area contributed by atoms with Gasteiger partial charge in [-0.3, -0.25) is 0 Å². The molecular formula is C16H21BrN2O2. The van der Waals surface area contributed by atoms with Gasteiger partial charge in [-0.05, 0) is 37.1 Å². The van der Waals surface area contributed by atoms with E-state index in [2.05, 4.69) is 52.4 Å². The fourth-order valence-corrected chi connectivity index (χ4v) is 2.71. The Morgan fingerprint density at radius 3 is 2.86 bits per heavy atom. The fraction of sp³-hybridized carbons (Fsp3) is 0.438. The summed E-state index contributed by atoms with van der Waals surface area (Å²) in [7, 11) is 0. The summed E-state index contributed by atoms with van der Waals surface area (Å²) in [5.74, 6) is 2.25. The average molecular weight is 353 g/mol. The van der Waals surface area contributed by atoms with Crippen molar-refractivity contribution >= 4 is 15.9 Å². The molecule has 0 unspecified atom stereocenters. The van der Waals surface area contributed by atoms with Crippen LogP contribution in [0.1, 0.15) is 30.7 Å². The smallest absolute Gasteiger partial charge is 0.174 e. The van der Waals surface area contributed by atoms with Crippen LogP contribution in [0.3, 0.4) is 0 Å². The highest BCUT2D eigenvalue weighted by Crippen LogP contribution is 2.29. The summed E-state index contributed by atoms with van der Waals surface area (Å²) in [5, 5.41) is 7.14. The molecule has 0 atom stereocenters. The first-order chi connectivity index (χ1) is 10.1. The van der Waals surface area contributed by atoms with E-state index in [4.69, 9.17) is 9.26 Å². The summed E-state index contributed by atoms with van der Waals surface area (Å²) < 4.78 is 12.1. The zero-order valence-corrected chi connectivity index (χ0v) is 14.2. The number of hydrogen-bond donors (Lipinski definition) is 1. The Balaban J connectivity index is 2.09. The van der Waals surface area contributed by atoms with Gasteiger partial charge in [-0.15, -0.1) is 0 Å². The molecule has 0 amide bonds. The van der Waals surface area contributed by atoms with Crippen molar-refractivity contribution in [3.8, 4) is 5.75 Å². The minimum Gasteiger partial charge on any atom is -0.485 e. The zero-order chi connectivity index (χ0) is 15.2. The van der Waals surface area contributed by atoms with Gasteiger partial charge in [-0.2, -0.15) is 0 Å². The van der Waals surface area contributed by atoms with Gasteiger partial charge in [0.05, 0.1) is 6.20 Å². The number of aromatic nitrogens is 1. The van der Waals surface area contributed by atoms with Gasteiger partial charge in [-0.25, -0.2) is 0 Å². The molecule has 0 aliphatic carbocycles. The summed E-state index contributed by atoms with van der Waals surface area (Å²) in [6.45, 7) is 8.59.